The molecular formula is C19H20N6O3. The molecule has 0 unspecified atom stereocenters. The number of allylic oxidation sites excluding steroid dienone is 1. The maximum atomic E-state index is 12.3. The van der Waals surface area contributed by atoms with Crippen LogP contribution in [0.3, 0.4) is 0 Å². The summed E-state index contributed by atoms with van der Waals surface area (Å²) in [6.45, 7) is 0. The molecule has 2 heterocycles. The van der Waals surface area contributed by atoms with E-state index in [1.54, 1.807) is 18.2 Å². The molecule has 0 radical (unpaired) electrons. The molecule has 0 aliphatic carbocycles. The Morgan fingerprint density at radius 2 is 2.25 bits per heavy atom. The number of anilines is 2. The van der Waals surface area contributed by atoms with E-state index >= 15 is 0 Å². The fraction of sp³-hybridized carbons (Fsp3) is 0.263. The maximum Gasteiger partial charge on any atom is 0.411 e. The Labute approximate surface area is 161 Å². The summed E-state index contributed by atoms with van der Waals surface area (Å²) in [7, 11) is 1.26. The Morgan fingerprint density at radius 1 is 1.43 bits per heavy atom. The second-order valence-electron chi connectivity index (χ2n) is 6.23. The molecule has 5 N–H and O–H groups in total. The summed E-state index contributed by atoms with van der Waals surface area (Å²) in [5, 5.41) is 14.9. The first-order valence-electron chi connectivity index (χ1n) is 8.71. The number of imidazole rings is 1. The van der Waals surface area contributed by atoms with Gasteiger partial charge in [0, 0.05) is 17.7 Å². The highest BCUT2D eigenvalue weighted by atomic mass is 16.5. The molecule has 1 aliphatic heterocycles. The van der Waals surface area contributed by atoms with E-state index in [0.29, 0.717) is 47.7 Å². The fourth-order valence-electron chi connectivity index (χ4n) is 2.85. The van der Waals surface area contributed by atoms with Crippen molar-refractivity contribution in [3.8, 4) is 17.3 Å². The third-order valence-electron chi connectivity index (χ3n) is 4.27. The van der Waals surface area contributed by atoms with Gasteiger partial charge in [0.15, 0.2) is 5.69 Å². The lowest BCUT2D eigenvalue weighted by molar-refractivity contribution is -0.116. The first kappa shape index (κ1) is 19.1. The summed E-state index contributed by atoms with van der Waals surface area (Å²) in [6.07, 6.45) is 4.55. The van der Waals surface area contributed by atoms with Crippen LogP contribution in [0.15, 0.2) is 30.4 Å². The van der Waals surface area contributed by atoms with Gasteiger partial charge in [0.25, 0.3) is 0 Å². The number of aromatic amines is 1. The normalized spacial score (nSPS) is 17.6. The number of benzene rings is 1. The molecule has 0 spiro atoms. The van der Waals surface area contributed by atoms with Crippen LogP contribution in [0, 0.1) is 11.3 Å². The van der Waals surface area contributed by atoms with Gasteiger partial charge in [0.1, 0.15) is 11.9 Å². The maximum absolute atomic E-state index is 12.3. The van der Waals surface area contributed by atoms with Crippen LogP contribution in [-0.4, -0.2) is 29.1 Å². The Bertz CT molecular complexity index is 973. The zero-order valence-electron chi connectivity index (χ0n) is 15.3. The number of nitrogens with one attached hydrogen (secondary N) is 3. The van der Waals surface area contributed by atoms with Crippen molar-refractivity contribution in [3.05, 3.63) is 41.9 Å². The van der Waals surface area contributed by atoms with Crippen molar-refractivity contribution in [2.45, 2.75) is 25.3 Å². The van der Waals surface area contributed by atoms with Crippen molar-refractivity contribution in [2.24, 2.45) is 5.73 Å². The molecule has 0 fully saturated rings. The number of ether oxygens (including phenoxy) is 1. The largest absolute Gasteiger partial charge is 0.453 e. The quantitative estimate of drug-likeness (QED) is 0.560. The number of methoxy groups -OCH3 is 1. The van der Waals surface area contributed by atoms with Crippen LogP contribution < -0.4 is 16.4 Å². The lowest BCUT2D eigenvalue weighted by Gasteiger charge is -2.13. The van der Waals surface area contributed by atoms with Gasteiger partial charge in [-0.25, -0.2) is 9.78 Å². The van der Waals surface area contributed by atoms with Crippen molar-refractivity contribution in [3.63, 3.8) is 0 Å². The fourth-order valence-corrected chi connectivity index (χ4v) is 2.85. The molecule has 2 bridgehead atoms. The van der Waals surface area contributed by atoms with Gasteiger partial charge >= 0.3 is 6.09 Å². The molecule has 3 rings (SSSR count). The number of carbonyl (C=O) groups is 2. The van der Waals surface area contributed by atoms with E-state index in [1.165, 1.54) is 7.11 Å². The monoisotopic (exact) mass is 380 g/mol. The molecule has 9 nitrogen and oxygen atoms in total. The minimum absolute atomic E-state index is 0.177. The summed E-state index contributed by atoms with van der Waals surface area (Å²) in [5.74, 6) is 0.299. The van der Waals surface area contributed by atoms with Crippen LogP contribution >= 0.6 is 0 Å². The summed E-state index contributed by atoms with van der Waals surface area (Å²) in [6, 6.07) is 6.58. The number of aromatic nitrogens is 2. The van der Waals surface area contributed by atoms with Crippen molar-refractivity contribution in [1.29, 1.82) is 5.26 Å². The third kappa shape index (κ3) is 4.19. The predicted molar refractivity (Wildman–Crippen MR) is 103 cm³/mol. The van der Waals surface area contributed by atoms with Gasteiger partial charge < -0.3 is 20.8 Å². The molecular weight excluding hydrogens is 360 g/mol. The van der Waals surface area contributed by atoms with Crippen LogP contribution in [0.25, 0.3) is 11.3 Å². The Morgan fingerprint density at radius 3 is 3.00 bits per heavy atom. The number of hydrogen-bond acceptors (Lipinski definition) is 6. The number of nitrogens with zero attached hydrogens (tertiary/aromatic N) is 2. The first-order chi connectivity index (χ1) is 13.5. The van der Waals surface area contributed by atoms with Crippen LogP contribution in [0.4, 0.5) is 16.2 Å². The van der Waals surface area contributed by atoms with Gasteiger partial charge in [0.05, 0.1) is 24.5 Å². The average Bonchev–Trinajstić information content (AvgIpc) is 3.11. The molecule has 1 atom stereocenters. The Hall–Kier alpha value is -3.64. The second-order valence-corrected chi connectivity index (χ2v) is 6.23. The highest BCUT2D eigenvalue weighted by molar-refractivity contribution is 5.97. The molecule has 0 saturated heterocycles. The summed E-state index contributed by atoms with van der Waals surface area (Å²) < 4.78 is 4.60. The van der Waals surface area contributed by atoms with E-state index in [1.807, 2.05) is 12.2 Å². The van der Waals surface area contributed by atoms with Gasteiger partial charge in [-0.15, -0.1) is 0 Å². The van der Waals surface area contributed by atoms with Crippen molar-refractivity contribution >= 4 is 23.4 Å². The smallest absolute Gasteiger partial charge is 0.411 e. The highest BCUT2D eigenvalue weighted by Gasteiger charge is 2.20. The molecule has 1 aromatic carbocycles. The van der Waals surface area contributed by atoms with Crippen molar-refractivity contribution in [1.82, 2.24) is 9.97 Å². The first-order valence-corrected chi connectivity index (χ1v) is 8.71. The van der Waals surface area contributed by atoms with Gasteiger partial charge in [-0.05, 0) is 31.0 Å². The number of rotatable bonds is 1. The molecule has 2 amide bonds. The van der Waals surface area contributed by atoms with Gasteiger partial charge in [0.2, 0.25) is 5.91 Å². The SMILES string of the molecule is COC(=O)Nc1ccc2c(c1)NC(=O)CC/C=C/C[C@H](N)c1nc(C#N)c-2[nH]1. The zero-order valence-corrected chi connectivity index (χ0v) is 15.3. The summed E-state index contributed by atoms with van der Waals surface area (Å²) in [5.41, 5.74) is 8.24. The molecule has 144 valence electrons. The zero-order chi connectivity index (χ0) is 20.1. The Balaban J connectivity index is 2.11. The van der Waals surface area contributed by atoms with E-state index in [-0.39, 0.29) is 11.6 Å². The van der Waals surface area contributed by atoms with Gasteiger partial charge in [-0.3, -0.25) is 10.1 Å². The third-order valence-corrected chi connectivity index (χ3v) is 4.27. The summed E-state index contributed by atoms with van der Waals surface area (Å²) >= 11 is 0. The van der Waals surface area contributed by atoms with E-state index in [4.69, 9.17) is 5.73 Å². The number of amides is 2. The Kier molecular flexibility index (Phi) is 5.72. The number of nitrogens with two attached hydrogens (primary N) is 1. The van der Waals surface area contributed by atoms with Crippen LogP contribution in [0.5, 0.6) is 0 Å². The molecule has 9 heteroatoms. The van der Waals surface area contributed by atoms with E-state index in [9.17, 15) is 14.9 Å². The number of nitriles is 1. The molecule has 1 aliphatic rings. The van der Waals surface area contributed by atoms with Crippen LogP contribution in [0.1, 0.15) is 36.8 Å². The molecule has 1 aromatic heterocycles. The van der Waals surface area contributed by atoms with Crippen molar-refractivity contribution < 1.29 is 14.3 Å². The highest BCUT2D eigenvalue weighted by Crippen LogP contribution is 2.33. The van der Waals surface area contributed by atoms with Gasteiger partial charge in [-0.2, -0.15) is 5.26 Å². The molecule has 28 heavy (non-hydrogen) atoms. The lowest BCUT2D eigenvalue weighted by Crippen LogP contribution is -2.14. The van der Waals surface area contributed by atoms with E-state index in [0.717, 1.165) is 0 Å². The van der Waals surface area contributed by atoms with E-state index < -0.39 is 12.1 Å². The topological polar surface area (TPSA) is 146 Å². The molecule has 0 saturated carbocycles. The minimum atomic E-state index is -0.631. The average molecular weight is 380 g/mol. The standard InChI is InChI=1S/C19H20N6O3/c1-28-19(27)22-11-7-8-12-14(9-11)23-16(26)6-4-2-3-5-13(21)18-24-15(10-20)17(12)25-18/h2-3,7-9,13H,4-6,21H2,1H3,(H,22,27)(H,23,26)(H,24,25)/b3-2+/t13-/m0/s1. The van der Waals surface area contributed by atoms with Crippen LogP contribution in [0.2, 0.25) is 0 Å². The number of fused-ring (bicyclic) bond motifs is 4. The molecule has 2 aromatic rings. The van der Waals surface area contributed by atoms with Crippen molar-refractivity contribution in [2.75, 3.05) is 17.7 Å². The summed E-state index contributed by atoms with van der Waals surface area (Å²) in [4.78, 5) is 31.3. The second kappa shape index (κ2) is 8.37. The van der Waals surface area contributed by atoms with E-state index in [2.05, 4.69) is 31.4 Å². The minimum Gasteiger partial charge on any atom is -0.453 e. The van der Waals surface area contributed by atoms with Crippen LogP contribution in [-0.2, 0) is 9.53 Å². The number of carbonyl (C=O) groups excluding carboxylic acids is 2. The number of H-pyrrole nitrogens is 1. The number of hydrogen-bond donors (Lipinski definition) is 4. The predicted octanol–water partition coefficient (Wildman–Crippen LogP) is 2.81. The lowest BCUT2D eigenvalue weighted by atomic mass is 10.1. The van der Waals surface area contributed by atoms with Gasteiger partial charge in [-0.1, -0.05) is 12.2 Å².